The fourth-order valence-electron chi connectivity index (χ4n) is 2.47. The van der Waals surface area contributed by atoms with Gasteiger partial charge in [-0.05, 0) is 47.4 Å². The van der Waals surface area contributed by atoms with Gasteiger partial charge in [-0.25, -0.2) is 0 Å². The topological polar surface area (TPSA) is 84.0 Å². The molecule has 0 bridgehead atoms. The van der Waals surface area contributed by atoms with E-state index in [0.717, 1.165) is 5.56 Å². The van der Waals surface area contributed by atoms with Crippen molar-refractivity contribution >= 4 is 57.3 Å². The van der Waals surface area contributed by atoms with Gasteiger partial charge in [0.2, 0.25) is 11.0 Å². The molecule has 0 saturated carbocycles. The summed E-state index contributed by atoms with van der Waals surface area (Å²) in [4.78, 5) is 24.5. The van der Waals surface area contributed by atoms with E-state index in [-0.39, 0.29) is 23.0 Å². The van der Waals surface area contributed by atoms with Crippen LogP contribution in [0.25, 0.3) is 0 Å². The number of anilines is 2. The summed E-state index contributed by atoms with van der Waals surface area (Å²) in [6, 6.07) is 14.4. The van der Waals surface area contributed by atoms with E-state index >= 15 is 0 Å². The average Bonchev–Trinajstić information content (AvgIpc) is 3.15. The first-order valence-corrected chi connectivity index (χ1v) is 11.3. The summed E-state index contributed by atoms with van der Waals surface area (Å²) >= 11 is 8.31. The molecule has 2 amide bonds. The van der Waals surface area contributed by atoms with Crippen molar-refractivity contribution in [1.82, 2.24) is 10.2 Å². The van der Waals surface area contributed by atoms with Gasteiger partial charge in [-0.1, -0.05) is 67.6 Å². The van der Waals surface area contributed by atoms with Gasteiger partial charge in [0.15, 0.2) is 4.34 Å². The molecular weight excluding hydrogens is 440 g/mol. The van der Waals surface area contributed by atoms with Crippen LogP contribution in [0.2, 0.25) is 5.02 Å². The highest BCUT2D eigenvalue weighted by Crippen LogP contribution is 2.27. The summed E-state index contributed by atoms with van der Waals surface area (Å²) in [7, 11) is 0. The van der Waals surface area contributed by atoms with E-state index in [0.29, 0.717) is 25.7 Å². The predicted octanol–water partition coefficient (Wildman–Crippen LogP) is 5.47. The van der Waals surface area contributed by atoms with Gasteiger partial charge in [0.1, 0.15) is 0 Å². The lowest BCUT2D eigenvalue weighted by Gasteiger charge is -2.18. The minimum absolute atomic E-state index is 0.0280. The van der Waals surface area contributed by atoms with Crippen LogP contribution >= 0.6 is 34.7 Å². The molecule has 0 radical (unpaired) electrons. The van der Waals surface area contributed by atoms with E-state index in [1.54, 1.807) is 36.4 Å². The monoisotopic (exact) mass is 460 g/mol. The number of nitrogens with zero attached hydrogens (tertiary/aromatic N) is 2. The number of halogens is 1. The van der Waals surface area contributed by atoms with Crippen molar-refractivity contribution < 1.29 is 9.59 Å². The number of aromatic nitrogens is 2. The predicted molar refractivity (Wildman–Crippen MR) is 124 cm³/mol. The van der Waals surface area contributed by atoms with Crippen LogP contribution in [0.1, 0.15) is 36.7 Å². The SMILES string of the molecule is CC(C)(C)c1ccc(C(=O)Nc2nnc(SCC(=O)Nc3ccc(Cl)cc3)s2)cc1. The van der Waals surface area contributed by atoms with Crippen LogP contribution in [0.3, 0.4) is 0 Å². The fourth-order valence-corrected chi connectivity index (χ4v) is 4.14. The van der Waals surface area contributed by atoms with Crippen molar-refractivity contribution in [2.24, 2.45) is 0 Å². The number of carbonyl (C=O) groups excluding carboxylic acids is 2. The molecule has 0 aliphatic rings. The highest BCUT2D eigenvalue weighted by atomic mass is 35.5. The Balaban J connectivity index is 1.51. The first-order chi connectivity index (χ1) is 14.2. The Kier molecular flexibility index (Phi) is 7.12. The summed E-state index contributed by atoms with van der Waals surface area (Å²) in [5, 5.41) is 14.5. The number of thioether (sulfide) groups is 1. The fraction of sp³-hybridized carbons (Fsp3) is 0.238. The van der Waals surface area contributed by atoms with E-state index in [9.17, 15) is 9.59 Å². The zero-order chi connectivity index (χ0) is 21.7. The molecule has 0 aliphatic heterocycles. The normalized spacial score (nSPS) is 11.2. The van der Waals surface area contributed by atoms with Crippen molar-refractivity contribution in [2.45, 2.75) is 30.5 Å². The van der Waals surface area contributed by atoms with Gasteiger partial charge in [-0.15, -0.1) is 10.2 Å². The van der Waals surface area contributed by atoms with Crippen molar-refractivity contribution in [2.75, 3.05) is 16.4 Å². The lowest BCUT2D eigenvalue weighted by atomic mass is 9.87. The van der Waals surface area contributed by atoms with Gasteiger partial charge in [-0.2, -0.15) is 0 Å². The molecule has 6 nitrogen and oxygen atoms in total. The maximum absolute atomic E-state index is 12.4. The second-order valence-electron chi connectivity index (χ2n) is 7.50. The van der Waals surface area contributed by atoms with Crippen LogP contribution in [-0.2, 0) is 10.2 Å². The lowest BCUT2D eigenvalue weighted by Crippen LogP contribution is -2.14. The Morgan fingerprint density at radius 1 is 1.00 bits per heavy atom. The molecule has 0 spiro atoms. The molecule has 0 saturated heterocycles. The van der Waals surface area contributed by atoms with Gasteiger partial charge in [0, 0.05) is 16.3 Å². The zero-order valence-corrected chi connectivity index (χ0v) is 19.1. The van der Waals surface area contributed by atoms with Gasteiger partial charge in [0.05, 0.1) is 5.75 Å². The molecule has 0 fully saturated rings. The van der Waals surface area contributed by atoms with Gasteiger partial charge >= 0.3 is 0 Å². The molecule has 0 aliphatic carbocycles. The van der Waals surface area contributed by atoms with Crippen molar-refractivity contribution in [3.8, 4) is 0 Å². The summed E-state index contributed by atoms with van der Waals surface area (Å²) in [6.07, 6.45) is 0. The molecular formula is C21H21ClN4O2S2. The molecule has 1 heterocycles. The smallest absolute Gasteiger partial charge is 0.257 e. The highest BCUT2D eigenvalue weighted by molar-refractivity contribution is 8.01. The Hall–Kier alpha value is -2.42. The Morgan fingerprint density at radius 2 is 1.67 bits per heavy atom. The Labute approximate surface area is 188 Å². The largest absolute Gasteiger partial charge is 0.325 e. The highest BCUT2D eigenvalue weighted by Gasteiger charge is 2.15. The lowest BCUT2D eigenvalue weighted by molar-refractivity contribution is -0.113. The number of nitrogens with one attached hydrogen (secondary N) is 2. The van der Waals surface area contributed by atoms with Crippen LogP contribution < -0.4 is 10.6 Å². The first kappa shape index (κ1) is 22.3. The minimum atomic E-state index is -0.247. The quantitative estimate of drug-likeness (QED) is 0.376. The van der Waals surface area contributed by atoms with Crippen molar-refractivity contribution in [3.05, 3.63) is 64.7 Å². The van der Waals surface area contributed by atoms with E-state index in [2.05, 4.69) is 41.6 Å². The molecule has 156 valence electrons. The molecule has 3 aromatic rings. The molecule has 30 heavy (non-hydrogen) atoms. The van der Waals surface area contributed by atoms with E-state index in [4.69, 9.17) is 11.6 Å². The summed E-state index contributed by atoms with van der Waals surface area (Å²) in [5.74, 6) is -0.231. The van der Waals surface area contributed by atoms with Crippen LogP contribution in [0.4, 0.5) is 10.8 Å². The maximum atomic E-state index is 12.4. The molecule has 9 heteroatoms. The number of hydrogen-bond donors (Lipinski definition) is 2. The second kappa shape index (κ2) is 9.59. The summed E-state index contributed by atoms with van der Waals surface area (Å²) < 4.78 is 0.597. The van der Waals surface area contributed by atoms with E-state index in [1.807, 2.05) is 12.1 Å². The van der Waals surface area contributed by atoms with Crippen LogP contribution in [0, 0.1) is 0 Å². The standard InChI is InChI=1S/C21H21ClN4O2S2/c1-21(2,3)14-6-4-13(5-7-14)18(28)24-19-25-26-20(30-19)29-12-17(27)23-16-10-8-15(22)9-11-16/h4-11H,12H2,1-3H3,(H,23,27)(H,24,25,28). The second-order valence-corrected chi connectivity index (χ2v) is 10.1. The number of amides is 2. The van der Waals surface area contributed by atoms with Gasteiger partial charge in [0.25, 0.3) is 5.91 Å². The van der Waals surface area contributed by atoms with Gasteiger partial charge < -0.3 is 5.32 Å². The van der Waals surface area contributed by atoms with E-state index in [1.165, 1.54) is 23.1 Å². The molecule has 1 aromatic heterocycles. The Morgan fingerprint density at radius 3 is 2.30 bits per heavy atom. The number of benzene rings is 2. The van der Waals surface area contributed by atoms with Crippen LogP contribution in [0.15, 0.2) is 52.9 Å². The van der Waals surface area contributed by atoms with Crippen LogP contribution in [0.5, 0.6) is 0 Å². The molecule has 3 rings (SSSR count). The van der Waals surface area contributed by atoms with Gasteiger partial charge in [-0.3, -0.25) is 14.9 Å². The first-order valence-electron chi connectivity index (χ1n) is 9.14. The molecule has 2 N–H and O–H groups in total. The number of rotatable bonds is 6. The molecule has 2 aromatic carbocycles. The van der Waals surface area contributed by atoms with Crippen molar-refractivity contribution in [1.29, 1.82) is 0 Å². The third kappa shape index (κ3) is 6.29. The molecule has 0 atom stereocenters. The Bertz CT molecular complexity index is 1030. The zero-order valence-electron chi connectivity index (χ0n) is 16.7. The summed E-state index contributed by atoms with van der Waals surface area (Å²) in [5.41, 5.74) is 2.41. The van der Waals surface area contributed by atoms with Crippen molar-refractivity contribution in [3.63, 3.8) is 0 Å². The summed E-state index contributed by atoms with van der Waals surface area (Å²) in [6.45, 7) is 6.37. The minimum Gasteiger partial charge on any atom is -0.325 e. The molecule has 0 unspecified atom stereocenters. The van der Waals surface area contributed by atoms with Crippen LogP contribution in [-0.4, -0.2) is 27.8 Å². The number of hydrogen-bond acceptors (Lipinski definition) is 6. The average molecular weight is 461 g/mol. The third-order valence-electron chi connectivity index (χ3n) is 4.09. The third-order valence-corrected chi connectivity index (χ3v) is 6.32. The maximum Gasteiger partial charge on any atom is 0.257 e. The number of carbonyl (C=O) groups is 2. The van der Waals surface area contributed by atoms with E-state index < -0.39 is 0 Å².